The largest absolute Gasteiger partial charge is 0.490 e. The van der Waals surface area contributed by atoms with Crippen molar-refractivity contribution in [2.45, 2.75) is 25.1 Å². The fourth-order valence-electron chi connectivity index (χ4n) is 3.39. The quantitative estimate of drug-likeness (QED) is 0.587. The fourth-order valence-corrected chi connectivity index (χ4v) is 4.48. The Morgan fingerprint density at radius 3 is 2.72 bits per heavy atom. The van der Waals surface area contributed by atoms with Crippen LogP contribution in [-0.2, 0) is 15.8 Å². The lowest BCUT2D eigenvalue weighted by Crippen LogP contribution is -2.48. The molecule has 0 fully saturated rings. The van der Waals surface area contributed by atoms with E-state index in [1.807, 2.05) is 42.9 Å². The topological polar surface area (TPSA) is 129 Å². The Hall–Kier alpha value is -3.66. The molecule has 3 aromatic rings. The molecule has 4 rings (SSSR count). The van der Waals surface area contributed by atoms with Crippen molar-refractivity contribution in [1.82, 2.24) is 14.9 Å². The average molecular weight is 454 g/mol. The summed E-state index contributed by atoms with van der Waals surface area (Å²) in [5, 5.41) is 2.96. The molecule has 10 heteroatoms. The molecule has 3 N–H and O–H groups in total. The molecule has 9 nitrogen and oxygen atoms in total. The Kier molecular flexibility index (Phi) is 5.47. The minimum atomic E-state index is -3.63. The van der Waals surface area contributed by atoms with Crippen LogP contribution in [0.25, 0.3) is 5.82 Å². The van der Waals surface area contributed by atoms with E-state index >= 15 is 0 Å². The number of fused-ring (bicyclic) bond motifs is 1. The second-order valence-electron chi connectivity index (χ2n) is 8.11. The molecule has 1 aliphatic heterocycles. The standard InChI is InChI=1S/C22H23N5O4S/c1-22(2,25-21(28)15-8-9-24-18(12-15)27-10-3-4-11-27)14-31-17-7-5-6-16-13-32(29,30)26-20(23)19(16)17/h3-12H,13-14H2,1-2H3,(H2,23,26)(H,25,28). The predicted octanol–water partition coefficient (Wildman–Crippen LogP) is 2.01. The zero-order valence-corrected chi connectivity index (χ0v) is 18.5. The number of amides is 1. The van der Waals surface area contributed by atoms with Crippen molar-refractivity contribution in [3.63, 3.8) is 0 Å². The maximum Gasteiger partial charge on any atom is 0.259 e. The lowest BCUT2D eigenvalue weighted by molar-refractivity contribution is 0.0880. The number of sulfonamides is 1. The molecule has 0 atom stereocenters. The highest BCUT2D eigenvalue weighted by Crippen LogP contribution is 2.28. The van der Waals surface area contributed by atoms with E-state index in [0.29, 0.717) is 28.3 Å². The summed E-state index contributed by atoms with van der Waals surface area (Å²) in [7, 11) is -3.63. The van der Waals surface area contributed by atoms with Crippen molar-refractivity contribution in [3.05, 3.63) is 77.7 Å². The summed E-state index contributed by atoms with van der Waals surface area (Å²) in [4.78, 5) is 17.1. The van der Waals surface area contributed by atoms with E-state index in [1.54, 1.807) is 36.5 Å². The van der Waals surface area contributed by atoms with Crippen LogP contribution in [0.2, 0.25) is 0 Å². The zero-order chi connectivity index (χ0) is 22.9. The van der Waals surface area contributed by atoms with Gasteiger partial charge in [-0.15, -0.1) is 4.40 Å². The van der Waals surface area contributed by atoms with Crippen LogP contribution in [0, 0.1) is 0 Å². The summed E-state index contributed by atoms with van der Waals surface area (Å²) >= 11 is 0. The van der Waals surface area contributed by atoms with Crippen molar-refractivity contribution in [3.8, 4) is 11.6 Å². The Morgan fingerprint density at radius 2 is 1.97 bits per heavy atom. The number of carbonyl (C=O) groups excluding carboxylic acids is 1. The number of benzene rings is 1. The summed E-state index contributed by atoms with van der Waals surface area (Å²) in [6.45, 7) is 3.79. The molecule has 0 unspecified atom stereocenters. The molecule has 3 heterocycles. The highest BCUT2D eigenvalue weighted by molar-refractivity contribution is 7.89. The van der Waals surface area contributed by atoms with E-state index in [4.69, 9.17) is 10.5 Å². The highest BCUT2D eigenvalue weighted by atomic mass is 32.2. The number of aromatic nitrogens is 2. The summed E-state index contributed by atoms with van der Waals surface area (Å²) in [6, 6.07) is 12.2. The van der Waals surface area contributed by atoms with Crippen molar-refractivity contribution in [1.29, 1.82) is 0 Å². The number of rotatable bonds is 6. The third kappa shape index (κ3) is 4.65. The second kappa shape index (κ2) is 8.12. The summed E-state index contributed by atoms with van der Waals surface area (Å²) in [5.41, 5.74) is 6.62. The van der Waals surface area contributed by atoms with Gasteiger partial charge in [-0.3, -0.25) is 4.79 Å². The SMILES string of the molecule is CC(C)(COc1cccc2c1C(N)=NS(=O)(=O)C2)NC(=O)c1ccnc(-n2cccc2)c1. The van der Waals surface area contributed by atoms with Crippen molar-refractivity contribution in [2.24, 2.45) is 10.1 Å². The van der Waals surface area contributed by atoms with Crippen LogP contribution in [0.1, 0.15) is 35.3 Å². The van der Waals surface area contributed by atoms with E-state index in [0.717, 1.165) is 0 Å². The lowest BCUT2D eigenvalue weighted by Gasteiger charge is -2.27. The Morgan fingerprint density at radius 1 is 1.22 bits per heavy atom. The third-order valence-corrected chi connectivity index (χ3v) is 6.01. The summed E-state index contributed by atoms with van der Waals surface area (Å²) in [5.74, 6) is 0.457. The Labute approximate surface area is 186 Å². The summed E-state index contributed by atoms with van der Waals surface area (Å²) in [6.07, 6.45) is 5.28. The van der Waals surface area contributed by atoms with Crippen LogP contribution in [0.3, 0.4) is 0 Å². The molecule has 0 aliphatic carbocycles. The van der Waals surface area contributed by atoms with Crippen molar-refractivity contribution < 1.29 is 17.9 Å². The minimum absolute atomic E-state index is 0.0991. The molecule has 2 aromatic heterocycles. The van der Waals surface area contributed by atoms with Crippen LogP contribution >= 0.6 is 0 Å². The van der Waals surface area contributed by atoms with Crippen molar-refractivity contribution in [2.75, 3.05) is 6.61 Å². The zero-order valence-electron chi connectivity index (χ0n) is 17.6. The van der Waals surface area contributed by atoms with Gasteiger partial charge in [0.1, 0.15) is 24.0 Å². The first-order chi connectivity index (χ1) is 15.1. The van der Waals surface area contributed by atoms with Crippen LogP contribution in [0.4, 0.5) is 0 Å². The van der Waals surface area contributed by atoms with Crippen LogP contribution < -0.4 is 15.8 Å². The molecule has 1 amide bonds. The van der Waals surface area contributed by atoms with Gasteiger partial charge in [-0.2, -0.15) is 0 Å². The highest BCUT2D eigenvalue weighted by Gasteiger charge is 2.27. The molecule has 0 saturated heterocycles. The van der Waals surface area contributed by atoms with Gasteiger partial charge in [0.05, 0.1) is 16.9 Å². The molecule has 32 heavy (non-hydrogen) atoms. The van der Waals surface area contributed by atoms with Gasteiger partial charge in [0.25, 0.3) is 15.9 Å². The normalized spacial score (nSPS) is 14.9. The molecule has 0 bridgehead atoms. The maximum atomic E-state index is 12.8. The van der Waals surface area contributed by atoms with Gasteiger partial charge in [0, 0.05) is 24.2 Å². The van der Waals surface area contributed by atoms with Gasteiger partial charge in [-0.1, -0.05) is 12.1 Å². The molecule has 1 aliphatic rings. The first-order valence-corrected chi connectivity index (χ1v) is 11.5. The first kappa shape index (κ1) is 21.6. The molecule has 0 saturated carbocycles. The maximum absolute atomic E-state index is 12.8. The number of carbonyl (C=O) groups is 1. The first-order valence-electron chi connectivity index (χ1n) is 9.89. The van der Waals surface area contributed by atoms with Gasteiger partial charge >= 0.3 is 0 Å². The van der Waals surface area contributed by atoms with Gasteiger partial charge in [0.2, 0.25) is 0 Å². The summed E-state index contributed by atoms with van der Waals surface area (Å²) < 4.78 is 35.0. The van der Waals surface area contributed by atoms with Gasteiger partial charge in [-0.05, 0) is 49.7 Å². The van der Waals surface area contributed by atoms with Gasteiger partial charge in [0.15, 0.2) is 0 Å². The van der Waals surface area contributed by atoms with E-state index in [2.05, 4.69) is 14.7 Å². The number of hydrogen-bond acceptors (Lipinski definition) is 6. The second-order valence-corrected chi connectivity index (χ2v) is 9.75. The molecule has 1 aromatic carbocycles. The predicted molar refractivity (Wildman–Crippen MR) is 120 cm³/mol. The number of amidine groups is 1. The molecule has 0 spiro atoms. The molecular weight excluding hydrogens is 430 g/mol. The number of hydrogen-bond donors (Lipinski definition) is 2. The number of nitrogens with one attached hydrogen (secondary N) is 1. The van der Waals surface area contributed by atoms with Crippen molar-refractivity contribution >= 4 is 21.8 Å². The van der Waals surface area contributed by atoms with E-state index in [1.165, 1.54) is 0 Å². The molecule has 0 radical (unpaired) electrons. The Bertz CT molecular complexity index is 1300. The third-order valence-electron chi connectivity index (χ3n) is 4.86. The fraction of sp³-hybridized carbons (Fsp3) is 0.227. The van der Waals surface area contributed by atoms with E-state index < -0.39 is 15.6 Å². The van der Waals surface area contributed by atoms with Crippen LogP contribution in [0.5, 0.6) is 5.75 Å². The molecular formula is C22H23N5O4S. The number of nitrogens with zero attached hydrogens (tertiary/aromatic N) is 3. The Balaban J connectivity index is 1.47. The van der Waals surface area contributed by atoms with Crippen LogP contribution in [-0.4, -0.2) is 41.9 Å². The minimum Gasteiger partial charge on any atom is -0.490 e. The van der Waals surface area contributed by atoms with Crippen LogP contribution in [0.15, 0.2) is 65.5 Å². The van der Waals surface area contributed by atoms with E-state index in [9.17, 15) is 13.2 Å². The smallest absolute Gasteiger partial charge is 0.259 e. The average Bonchev–Trinajstić information content (AvgIpc) is 3.26. The lowest BCUT2D eigenvalue weighted by atomic mass is 10.0. The number of pyridine rings is 1. The van der Waals surface area contributed by atoms with Gasteiger partial charge in [-0.25, -0.2) is 13.4 Å². The number of ether oxygens (including phenoxy) is 1. The number of nitrogens with two attached hydrogens (primary N) is 1. The van der Waals surface area contributed by atoms with Gasteiger partial charge < -0.3 is 20.4 Å². The van der Waals surface area contributed by atoms with E-state index in [-0.39, 0.29) is 24.1 Å². The molecule has 166 valence electrons. The monoisotopic (exact) mass is 453 g/mol.